The van der Waals surface area contributed by atoms with Gasteiger partial charge >= 0.3 is 5.97 Å². The monoisotopic (exact) mass is 417 g/mol. The van der Waals surface area contributed by atoms with Crippen LogP contribution >= 0.6 is 11.8 Å². The number of carbonyl (C=O) groups is 3. The van der Waals surface area contributed by atoms with Crippen LogP contribution in [0.3, 0.4) is 0 Å². The maximum absolute atomic E-state index is 12.6. The third-order valence-electron chi connectivity index (χ3n) is 4.78. The number of fused-ring (bicyclic) bond motifs is 1. The number of amides is 1. The number of thioether (sulfide) groups is 1. The molecule has 5 nitrogen and oxygen atoms in total. The SMILES string of the molecule is O=C(OCC(=O)N1CCSc2ccccc21)c1ccc(C(=O)c2ccccc2)cc1. The summed E-state index contributed by atoms with van der Waals surface area (Å²) in [7, 11) is 0. The van der Waals surface area contributed by atoms with Gasteiger partial charge in [0.25, 0.3) is 5.91 Å². The zero-order valence-corrected chi connectivity index (χ0v) is 16.9. The molecule has 0 atom stereocenters. The first-order chi connectivity index (χ1) is 14.6. The van der Waals surface area contributed by atoms with Crippen molar-refractivity contribution >= 4 is 35.1 Å². The molecule has 150 valence electrons. The predicted molar refractivity (Wildman–Crippen MR) is 116 cm³/mol. The molecule has 0 bridgehead atoms. The zero-order chi connectivity index (χ0) is 20.9. The lowest BCUT2D eigenvalue weighted by Crippen LogP contribution is -2.38. The van der Waals surface area contributed by atoms with E-state index in [1.165, 1.54) is 12.1 Å². The van der Waals surface area contributed by atoms with Crippen molar-refractivity contribution in [2.45, 2.75) is 4.90 Å². The van der Waals surface area contributed by atoms with Crippen LogP contribution in [0.4, 0.5) is 5.69 Å². The van der Waals surface area contributed by atoms with Crippen molar-refractivity contribution in [3.63, 3.8) is 0 Å². The van der Waals surface area contributed by atoms with Crippen molar-refractivity contribution in [3.8, 4) is 0 Å². The Hall–Kier alpha value is -3.38. The van der Waals surface area contributed by atoms with Gasteiger partial charge in [0.15, 0.2) is 12.4 Å². The molecule has 0 fully saturated rings. The number of anilines is 1. The quantitative estimate of drug-likeness (QED) is 0.460. The van der Waals surface area contributed by atoms with E-state index < -0.39 is 5.97 Å². The Labute approximate surface area is 178 Å². The van der Waals surface area contributed by atoms with Gasteiger partial charge in [-0.05, 0) is 24.3 Å². The summed E-state index contributed by atoms with van der Waals surface area (Å²) in [6.45, 7) is 0.247. The first kappa shape index (κ1) is 19.9. The number of esters is 1. The van der Waals surface area contributed by atoms with Crippen molar-refractivity contribution in [3.05, 3.63) is 95.6 Å². The molecule has 0 radical (unpaired) electrons. The summed E-state index contributed by atoms with van der Waals surface area (Å²) in [4.78, 5) is 40.1. The first-order valence-electron chi connectivity index (χ1n) is 9.52. The number of carbonyl (C=O) groups excluding carboxylic acids is 3. The van der Waals surface area contributed by atoms with Crippen LogP contribution in [0.2, 0.25) is 0 Å². The second-order valence-corrected chi connectivity index (χ2v) is 7.85. The molecule has 30 heavy (non-hydrogen) atoms. The molecule has 1 amide bonds. The fourth-order valence-corrected chi connectivity index (χ4v) is 4.23. The highest BCUT2D eigenvalue weighted by atomic mass is 32.2. The maximum Gasteiger partial charge on any atom is 0.338 e. The van der Waals surface area contributed by atoms with Crippen LogP contribution in [0.15, 0.2) is 83.8 Å². The Bertz CT molecular complexity index is 1080. The van der Waals surface area contributed by atoms with E-state index in [9.17, 15) is 14.4 Å². The summed E-state index contributed by atoms with van der Waals surface area (Å²) in [5.41, 5.74) is 2.20. The van der Waals surface area contributed by atoms with Gasteiger partial charge in [-0.15, -0.1) is 11.8 Å². The van der Waals surface area contributed by atoms with Crippen LogP contribution in [0.5, 0.6) is 0 Å². The molecule has 4 rings (SSSR count). The average Bonchev–Trinajstić information content (AvgIpc) is 2.82. The van der Waals surface area contributed by atoms with Crippen molar-refractivity contribution in [2.24, 2.45) is 0 Å². The number of rotatable bonds is 5. The molecule has 3 aromatic rings. The second-order valence-electron chi connectivity index (χ2n) is 6.71. The van der Waals surface area contributed by atoms with Crippen LogP contribution in [-0.4, -0.2) is 36.6 Å². The minimum atomic E-state index is -0.596. The highest BCUT2D eigenvalue weighted by molar-refractivity contribution is 7.99. The third kappa shape index (κ3) is 4.28. The summed E-state index contributed by atoms with van der Waals surface area (Å²) in [5.74, 6) is -0.172. The molecule has 0 saturated carbocycles. The number of nitrogens with zero attached hydrogens (tertiary/aromatic N) is 1. The standard InChI is InChI=1S/C24H19NO4S/c26-22(25-14-15-30-21-9-5-4-8-20(21)25)16-29-24(28)19-12-10-18(11-13-19)23(27)17-6-2-1-3-7-17/h1-13H,14-16H2. The number of benzene rings is 3. The van der Waals surface area contributed by atoms with Gasteiger partial charge in [-0.25, -0.2) is 4.79 Å². The predicted octanol–water partition coefficient (Wildman–Crippen LogP) is 4.21. The van der Waals surface area contributed by atoms with Crippen molar-refractivity contribution in [1.82, 2.24) is 0 Å². The summed E-state index contributed by atoms with van der Waals surface area (Å²) in [6.07, 6.45) is 0. The van der Waals surface area contributed by atoms with E-state index in [1.807, 2.05) is 30.3 Å². The molecular formula is C24H19NO4S. The van der Waals surface area contributed by atoms with Crippen molar-refractivity contribution in [1.29, 1.82) is 0 Å². The number of ether oxygens (including phenoxy) is 1. The van der Waals surface area contributed by atoms with Gasteiger partial charge in [0, 0.05) is 28.3 Å². The van der Waals surface area contributed by atoms with Crippen LogP contribution < -0.4 is 4.90 Å². The smallest absolute Gasteiger partial charge is 0.338 e. The Balaban J connectivity index is 1.38. The minimum Gasteiger partial charge on any atom is -0.452 e. The first-order valence-corrected chi connectivity index (χ1v) is 10.5. The van der Waals surface area contributed by atoms with Gasteiger partial charge in [-0.3, -0.25) is 9.59 Å². The molecule has 0 N–H and O–H groups in total. The number of para-hydroxylation sites is 1. The molecule has 0 unspecified atom stereocenters. The van der Waals surface area contributed by atoms with E-state index >= 15 is 0 Å². The third-order valence-corrected chi connectivity index (χ3v) is 5.82. The van der Waals surface area contributed by atoms with Crippen molar-refractivity contribution in [2.75, 3.05) is 23.8 Å². The van der Waals surface area contributed by atoms with Crippen LogP contribution in [-0.2, 0) is 9.53 Å². The van der Waals surface area contributed by atoms with E-state index in [4.69, 9.17) is 4.74 Å². The number of hydrogen-bond donors (Lipinski definition) is 0. The average molecular weight is 417 g/mol. The van der Waals surface area contributed by atoms with Crippen LogP contribution in [0.1, 0.15) is 26.3 Å². The lowest BCUT2D eigenvalue weighted by Gasteiger charge is -2.28. The molecule has 0 spiro atoms. The normalized spacial score (nSPS) is 12.7. The van der Waals surface area contributed by atoms with Gasteiger partial charge in [0.2, 0.25) is 0 Å². The van der Waals surface area contributed by atoms with Gasteiger partial charge in [-0.1, -0.05) is 54.6 Å². The van der Waals surface area contributed by atoms with Gasteiger partial charge in [0.1, 0.15) is 0 Å². The lowest BCUT2D eigenvalue weighted by atomic mass is 10.0. The van der Waals surface area contributed by atoms with E-state index in [1.54, 1.807) is 53.1 Å². The topological polar surface area (TPSA) is 63.7 Å². The fraction of sp³-hybridized carbons (Fsp3) is 0.125. The largest absolute Gasteiger partial charge is 0.452 e. The highest BCUT2D eigenvalue weighted by Crippen LogP contribution is 2.34. The van der Waals surface area contributed by atoms with E-state index in [0.717, 1.165) is 16.3 Å². The molecule has 6 heteroatoms. The molecular weight excluding hydrogens is 398 g/mol. The summed E-state index contributed by atoms with van der Waals surface area (Å²) >= 11 is 1.70. The lowest BCUT2D eigenvalue weighted by molar-refractivity contribution is -0.121. The Morgan fingerprint density at radius 2 is 1.43 bits per heavy atom. The molecule has 0 aliphatic carbocycles. The van der Waals surface area contributed by atoms with Gasteiger partial charge < -0.3 is 9.64 Å². The van der Waals surface area contributed by atoms with Crippen LogP contribution in [0, 0.1) is 0 Å². The molecule has 1 aliphatic rings. The van der Waals surface area contributed by atoms with E-state index in [2.05, 4.69) is 0 Å². The summed E-state index contributed by atoms with van der Waals surface area (Å²) in [5, 5.41) is 0. The fourth-order valence-electron chi connectivity index (χ4n) is 3.23. The minimum absolute atomic E-state index is 0.118. The highest BCUT2D eigenvalue weighted by Gasteiger charge is 2.23. The Morgan fingerprint density at radius 1 is 0.800 bits per heavy atom. The molecule has 0 aromatic heterocycles. The maximum atomic E-state index is 12.6. The molecule has 3 aromatic carbocycles. The molecule has 1 aliphatic heterocycles. The summed E-state index contributed by atoms with van der Waals surface area (Å²) < 4.78 is 5.22. The van der Waals surface area contributed by atoms with E-state index in [-0.39, 0.29) is 18.3 Å². The Kier molecular flexibility index (Phi) is 5.95. The van der Waals surface area contributed by atoms with E-state index in [0.29, 0.717) is 23.2 Å². The molecule has 0 saturated heterocycles. The van der Waals surface area contributed by atoms with Gasteiger partial charge in [-0.2, -0.15) is 0 Å². The van der Waals surface area contributed by atoms with Gasteiger partial charge in [0.05, 0.1) is 11.3 Å². The zero-order valence-electron chi connectivity index (χ0n) is 16.1. The Morgan fingerprint density at radius 3 is 2.20 bits per heavy atom. The van der Waals surface area contributed by atoms with Crippen LogP contribution in [0.25, 0.3) is 0 Å². The number of ketones is 1. The second kappa shape index (κ2) is 8.97. The number of hydrogen-bond acceptors (Lipinski definition) is 5. The summed E-state index contributed by atoms with van der Waals surface area (Å²) in [6, 6.07) is 22.9. The molecule has 1 heterocycles. The van der Waals surface area contributed by atoms with Crippen molar-refractivity contribution < 1.29 is 19.1 Å².